The van der Waals surface area contributed by atoms with Gasteiger partial charge in [0.15, 0.2) is 0 Å². The number of piperidine rings is 1. The van der Waals surface area contributed by atoms with Crippen molar-refractivity contribution in [3.63, 3.8) is 0 Å². The minimum absolute atomic E-state index is 0.00406. The van der Waals surface area contributed by atoms with E-state index in [1.165, 1.54) is 18.2 Å². The third kappa shape index (κ3) is 6.63. The Kier molecular flexibility index (Phi) is 6.41. The van der Waals surface area contributed by atoms with E-state index in [2.05, 4.69) is 15.5 Å². The van der Waals surface area contributed by atoms with Gasteiger partial charge in [0.25, 0.3) is 5.91 Å². The summed E-state index contributed by atoms with van der Waals surface area (Å²) in [4.78, 5) is 26.3. The molecular weight excluding hydrogens is 345 g/mol. The van der Waals surface area contributed by atoms with Gasteiger partial charge in [0.2, 0.25) is 5.91 Å². The molecule has 2 rings (SSSR count). The van der Waals surface area contributed by atoms with Crippen molar-refractivity contribution in [2.45, 2.75) is 45.2 Å². The van der Waals surface area contributed by atoms with Crippen molar-refractivity contribution >= 4 is 23.4 Å². The third-order valence-electron chi connectivity index (χ3n) is 3.93. The largest absolute Gasteiger partial charge is 0.350 e. The topological polar surface area (TPSA) is 61.4 Å². The Bertz CT molecular complexity index is 617. The Hall–Kier alpha value is -1.66. The molecule has 25 heavy (non-hydrogen) atoms. The van der Waals surface area contributed by atoms with Crippen LogP contribution in [0.3, 0.4) is 0 Å². The molecule has 1 aliphatic heterocycles. The molecule has 2 N–H and O–H groups in total. The van der Waals surface area contributed by atoms with Crippen molar-refractivity contribution in [3.8, 4) is 0 Å². The summed E-state index contributed by atoms with van der Waals surface area (Å²) in [6.45, 7) is 7.66. The van der Waals surface area contributed by atoms with Crippen molar-refractivity contribution in [3.05, 3.63) is 34.6 Å². The zero-order chi connectivity index (χ0) is 18.6. The van der Waals surface area contributed by atoms with Crippen LogP contribution in [0.1, 0.15) is 44.0 Å². The van der Waals surface area contributed by atoms with E-state index in [9.17, 15) is 14.0 Å². The van der Waals surface area contributed by atoms with E-state index in [0.29, 0.717) is 6.54 Å². The highest BCUT2D eigenvalue weighted by atomic mass is 35.5. The smallest absolute Gasteiger partial charge is 0.251 e. The molecule has 0 saturated carbocycles. The van der Waals surface area contributed by atoms with Gasteiger partial charge >= 0.3 is 0 Å². The molecule has 0 bridgehead atoms. The first-order chi connectivity index (χ1) is 11.6. The predicted molar refractivity (Wildman–Crippen MR) is 96.2 cm³/mol. The number of carbonyl (C=O) groups excluding carboxylic acids is 2. The summed E-state index contributed by atoms with van der Waals surface area (Å²) in [7, 11) is 0. The fourth-order valence-corrected chi connectivity index (χ4v) is 3.07. The van der Waals surface area contributed by atoms with Crippen LogP contribution in [0.4, 0.5) is 4.39 Å². The normalized spacial score (nSPS) is 16.5. The summed E-state index contributed by atoms with van der Waals surface area (Å²) in [5, 5.41) is 6.05. The van der Waals surface area contributed by atoms with E-state index < -0.39 is 5.82 Å². The molecule has 1 fully saturated rings. The highest BCUT2D eigenvalue weighted by Crippen LogP contribution is 2.16. The summed E-state index contributed by atoms with van der Waals surface area (Å²) in [5.41, 5.74) is -0.0210. The summed E-state index contributed by atoms with van der Waals surface area (Å²) >= 11 is 5.79. The SMILES string of the molecule is CC(C)(C)NC(=O)CN1CCC(NC(=O)c2cc(F)cc(Cl)c2)CC1. The van der Waals surface area contributed by atoms with Crippen LogP contribution in [0.5, 0.6) is 0 Å². The highest BCUT2D eigenvalue weighted by molar-refractivity contribution is 6.31. The van der Waals surface area contributed by atoms with Crippen LogP contribution in [0.25, 0.3) is 0 Å². The molecule has 7 heteroatoms. The number of hydrogen-bond donors (Lipinski definition) is 2. The first kappa shape index (κ1) is 19.7. The van der Waals surface area contributed by atoms with Crippen molar-refractivity contribution in [1.29, 1.82) is 0 Å². The van der Waals surface area contributed by atoms with Crippen LogP contribution in [0, 0.1) is 5.82 Å². The summed E-state index contributed by atoms with van der Waals surface area (Å²) in [6, 6.07) is 3.80. The number of hydrogen-bond acceptors (Lipinski definition) is 3. The lowest BCUT2D eigenvalue weighted by Crippen LogP contribution is -2.50. The second-order valence-electron chi connectivity index (χ2n) is 7.48. The first-order valence-corrected chi connectivity index (χ1v) is 8.80. The van der Waals surface area contributed by atoms with Gasteiger partial charge in [-0.15, -0.1) is 0 Å². The Morgan fingerprint density at radius 1 is 1.24 bits per heavy atom. The molecule has 0 spiro atoms. The number of likely N-dealkylation sites (tertiary alicyclic amines) is 1. The molecule has 5 nitrogen and oxygen atoms in total. The van der Waals surface area contributed by atoms with Crippen LogP contribution in [0.2, 0.25) is 5.02 Å². The number of halogens is 2. The van der Waals surface area contributed by atoms with E-state index in [0.717, 1.165) is 25.9 Å². The summed E-state index contributed by atoms with van der Waals surface area (Å²) in [6.07, 6.45) is 1.50. The van der Waals surface area contributed by atoms with Crippen LogP contribution in [0.15, 0.2) is 18.2 Å². The Balaban J connectivity index is 1.80. The van der Waals surface area contributed by atoms with Crippen LogP contribution >= 0.6 is 11.6 Å². The van der Waals surface area contributed by atoms with Crippen molar-refractivity contribution in [1.82, 2.24) is 15.5 Å². The molecule has 0 atom stereocenters. The molecule has 0 aliphatic carbocycles. The number of amides is 2. The number of benzene rings is 1. The maximum absolute atomic E-state index is 13.3. The van der Waals surface area contributed by atoms with Gasteiger partial charge in [0, 0.05) is 35.3 Å². The number of rotatable bonds is 4. The monoisotopic (exact) mass is 369 g/mol. The van der Waals surface area contributed by atoms with Crippen molar-refractivity contribution < 1.29 is 14.0 Å². The predicted octanol–water partition coefficient (Wildman–Crippen LogP) is 2.59. The van der Waals surface area contributed by atoms with Crippen molar-refractivity contribution in [2.24, 2.45) is 0 Å². The second-order valence-corrected chi connectivity index (χ2v) is 7.92. The van der Waals surface area contributed by atoms with Crippen LogP contribution < -0.4 is 10.6 Å². The van der Waals surface area contributed by atoms with Gasteiger partial charge in [-0.1, -0.05) is 11.6 Å². The lowest BCUT2D eigenvalue weighted by Gasteiger charge is -2.32. The van der Waals surface area contributed by atoms with Crippen molar-refractivity contribution in [2.75, 3.05) is 19.6 Å². The maximum atomic E-state index is 13.3. The molecule has 0 aromatic heterocycles. The van der Waals surface area contributed by atoms with E-state index in [4.69, 9.17) is 11.6 Å². The second kappa shape index (κ2) is 8.15. The highest BCUT2D eigenvalue weighted by Gasteiger charge is 2.24. The molecule has 1 aromatic rings. The Morgan fingerprint density at radius 2 is 1.88 bits per heavy atom. The van der Waals surface area contributed by atoms with Crippen LogP contribution in [-0.2, 0) is 4.79 Å². The zero-order valence-electron chi connectivity index (χ0n) is 14.9. The standard InChI is InChI=1S/C18H25ClFN3O2/c1-18(2,3)22-16(24)11-23-6-4-15(5-7-23)21-17(25)12-8-13(19)10-14(20)9-12/h8-10,15H,4-7,11H2,1-3H3,(H,21,25)(H,22,24). The molecule has 138 valence electrons. The van der Waals surface area contributed by atoms with Crippen LogP contribution in [-0.4, -0.2) is 47.9 Å². The molecular formula is C18H25ClFN3O2. The lowest BCUT2D eigenvalue weighted by molar-refractivity contribution is -0.123. The van der Waals surface area contributed by atoms with E-state index in [-0.39, 0.29) is 34.0 Å². The number of carbonyl (C=O) groups is 2. The number of nitrogens with one attached hydrogen (secondary N) is 2. The van der Waals surface area contributed by atoms with E-state index in [1.807, 2.05) is 20.8 Å². The Labute approximate surface area is 152 Å². The zero-order valence-corrected chi connectivity index (χ0v) is 15.6. The van der Waals surface area contributed by atoms with Gasteiger partial charge in [-0.25, -0.2) is 4.39 Å². The lowest BCUT2D eigenvalue weighted by atomic mass is 10.0. The van der Waals surface area contributed by atoms with Gasteiger partial charge in [-0.3, -0.25) is 14.5 Å². The van der Waals surface area contributed by atoms with Gasteiger partial charge in [0.05, 0.1) is 6.54 Å². The maximum Gasteiger partial charge on any atom is 0.251 e. The first-order valence-electron chi connectivity index (χ1n) is 8.43. The number of nitrogens with zero attached hydrogens (tertiary/aromatic N) is 1. The molecule has 1 saturated heterocycles. The average molecular weight is 370 g/mol. The quantitative estimate of drug-likeness (QED) is 0.857. The molecule has 0 unspecified atom stereocenters. The molecule has 1 heterocycles. The molecule has 1 aromatic carbocycles. The fourth-order valence-electron chi connectivity index (χ4n) is 2.85. The minimum Gasteiger partial charge on any atom is -0.350 e. The van der Waals surface area contributed by atoms with Gasteiger partial charge in [-0.05, 0) is 51.8 Å². The molecule has 0 radical (unpaired) electrons. The summed E-state index contributed by atoms with van der Waals surface area (Å²) < 4.78 is 13.3. The van der Waals surface area contributed by atoms with Gasteiger partial charge < -0.3 is 10.6 Å². The van der Waals surface area contributed by atoms with Gasteiger partial charge in [0.1, 0.15) is 5.82 Å². The molecule has 2 amide bonds. The fraction of sp³-hybridized carbons (Fsp3) is 0.556. The summed E-state index contributed by atoms with van der Waals surface area (Å²) in [5.74, 6) is -0.855. The molecule has 1 aliphatic rings. The Morgan fingerprint density at radius 3 is 2.44 bits per heavy atom. The average Bonchev–Trinajstić information content (AvgIpc) is 2.46. The van der Waals surface area contributed by atoms with E-state index in [1.54, 1.807) is 0 Å². The van der Waals surface area contributed by atoms with E-state index >= 15 is 0 Å². The third-order valence-corrected chi connectivity index (χ3v) is 4.15. The van der Waals surface area contributed by atoms with Gasteiger partial charge in [-0.2, -0.15) is 0 Å². The minimum atomic E-state index is -0.530.